The minimum Gasteiger partial charge on any atom is -0.480 e. The van der Waals surface area contributed by atoms with Gasteiger partial charge in [0.05, 0.1) is 42.7 Å². The van der Waals surface area contributed by atoms with Crippen LogP contribution in [0.3, 0.4) is 0 Å². The van der Waals surface area contributed by atoms with Gasteiger partial charge in [-0.1, -0.05) is 84.7 Å². The van der Waals surface area contributed by atoms with Gasteiger partial charge >= 0.3 is 5.97 Å². The number of rotatable bonds is 21. The van der Waals surface area contributed by atoms with Crippen LogP contribution in [0.15, 0.2) is 24.3 Å². The first-order valence-electron chi connectivity index (χ1n) is 19.1. The van der Waals surface area contributed by atoms with E-state index < -0.39 is 60.2 Å². The lowest BCUT2D eigenvalue weighted by molar-refractivity contribution is -0.148. The first kappa shape index (κ1) is 45.6. The predicted octanol–water partition coefficient (Wildman–Crippen LogP) is 3.41. The largest absolute Gasteiger partial charge is 0.480 e. The van der Waals surface area contributed by atoms with E-state index in [0.29, 0.717) is 19.4 Å². The smallest absolute Gasteiger partial charge is 0.326 e. The van der Waals surface area contributed by atoms with Gasteiger partial charge in [0.25, 0.3) is 0 Å². The van der Waals surface area contributed by atoms with Gasteiger partial charge in [0.15, 0.2) is 0 Å². The molecule has 0 saturated carbocycles. The van der Waals surface area contributed by atoms with Crippen molar-refractivity contribution in [1.82, 2.24) is 25.8 Å². The van der Waals surface area contributed by atoms with Crippen molar-refractivity contribution in [2.45, 2.75) is 130 Å². The zero-order chi connectivity index (χ0) is 40.2. The van der Waals surface area contributed by atoms with E-state index in [4.69, 9.17) is 9.47 Å². The fourth-order valence-corrected chi connectivity index (χ4v) is 7.51. The second kappa shape index (κ2) is 21.4. The Bertz CT molecular complexity index is 1350. The Morgan fingerprint density at radius 3 is 2.02 bits per heavy atom. The summed E-state index contributed by atoms with van der Waals surface area (Å²) in [7, 11) is 6.46. The van der Waals surface area contributed by atoms with Crippen LogP contribution in [-0.2, 0) is 39.9 Å². The van der Waals surface area contributed by atoms with Crippen molar-refractivity contribution in [3.05, 3.63) is 35.4 Å². The summed E-state index contributed by atoms with van der Waals surface area (Å²) >= 11 is 0. The highest BCUT2D eigenvalue weighted by Gasteiger charge is 2.43. The number of carboxylic acid groups (broad SMARTS) is 1. The van der Waals surface area contributed by atoms with E-state index in [1.807, 2.05) is 72.7 Å². The summed E-state index contributed by atoms with van der Waals surface area (Å²) in [6.45, 7) is 15.8. The summed E-state index contributed by atoms with van der Waals surface area (Å²) in [5.41, 5.74) is 1.84. The van der Waals surface area contributed by atoms with E-state index in [0.717, 1.165) is 17.5 Å². The summed E-state index contributed by atoms with van der Waals surface area (Å²) < 4.78 is 11.9. The summed E-state index contributed by atoms with van der Waals surface area (Å²) in [6.07, 6.45) is 0.812. The summed E-state index contributed by atoms with van der Waals surface area (Å²) in [6, 6.07) is 4.23. The second-order valence-electron chi connectivity index (χ2n) is 15.4. The van der Waals surface area contributed by atoms with E-state index in [-0.39, 0.29) is 48.3 Å². The second-order valence-corrected chi connectivity index (χ2v) is 15.4. The molecule has 4 N–H and O–H groups in total. The van der Waals surface area contributed by atoms with Crippen LogP contribution in [0.1, 0.15) is 85.3 Å². The maximum absolute atomic E-state index is 14.1. The molecule has 1 saturated heterocycles. The third-order valence-corrected chi connectivity index (χ3v) is 10.9. The van der Waals surface area contributed by atoms with Crippen molar-refractivity contribution in [1.29, 1.82) is 0 Å². The van der Waals surface area contributed by atoms with Gasteiger partial charge in [-0.2, -0.15) is 0 Å². The molecule has 1 fully saturated rings. The molecule has 1 aliphatic rings. The van der Waals surface area contributed by atoms with Gasteiger partial charge < -0.3 is 40.3 Å². The van der Waals surface area contributed by atoms with Crippen LogP contribution < -0.4 is 16.0 Å². The number of nitrogens with zero attached hydrogens (tertiary/aromatic N) is 2. The molecule has 53 heavy (non-hydrogen) atoms. The first-order valence-corrected chi connectivity index (χ1v) is 19.1. The number of likely N-dealkylation sites (N-methyl/N-ethyl adjacent to an activating group) is 2. The van der Waals surface area contributed by atoms with Gasteiger partial charge in [0.2, 0.25) is 23.6 Å². The number of carbonyl (C=O) groups is 5. The molecule has 0 radical (unpaired) electrons. The molecule has 13 heteroatoms. The van der Waals surface area contributed by atoms with Crippen LogP contribution in [0.5, 0.6) is 0 Å². The number of carboxylic acids is 1. The van der Waals surface area contributed by atoms with Crippen LogP contribution in [0.2, 0.25) is 0 Å². The molecular formula is C40H67N5O8. The average Bonchev–Trinajstić information content (AvgIpc) is 3.60. The lowest BCUT2D eigenvalue weighted by Crippen LogP contribution is -2.59. The van der Waals surface area contributed by atoms with Crippen LogP contribution in [0.4, 0.5) is 0 Å². The highest BCUT2D eigenvalue weighted by atomic mass is 16.5. The van der Waals surface area contributed by atoms with E-state index in [1.54, 1.807) is 30.8 Å². The average molecular weight is 746 g/mol. The minimum absolute atomic E-state index is 0.0117. The number of nitrogens with one attached hydrogen (secondary N) is 3. The summed E-state index contributed by atoms with van der Waals surface area (Å²) in [5, 5.41) is 18.6. The van der Waals surface area contributed by atoms with Crippen LogP contribution in [-0.4, -0.2) is 122 Å². The van der Waals surface area contributed by atoms with Crippen molar-refractivity contribution in [2.75, 3.05) is 34.9 Å². The molecule has 0 bridgehead atoms. The zero-order valence-electron chi connectivity index (χ0n) is 34.1. The van der Waals surface area contributed by atoms with Gasteiger partial charge in [0, 0.05) is 34.2 Å². The van der Waals surface area contributed by atoms with E-state index in [2.05, 4.69) is 16.0 Å². The number of carbonyl (C=O) groups excluding carboxylic acids is 4. The van der Waals surface area contributed by atoms with Crippen molar-refractivity contribution < 1.29 is 38.6 Å². The molecule has 0 aromatic heterocycles. The molecule has 2 unspecified atom stereocenters. The molecule has 0 aliphatic carbocycles. The van der Waals surface area contributed by atoms with Crippen LogP contribution >= 0.6 is 0 Å². The number of amides is 4. The molecule has 9 atom stereocenters. The monoisotopic (exact) mass is 745 g/mol. The van der Waals surface area contributed by atoms with Gasteiger partial charge in [0.1, 0.15) is 12.1 Å². The maximum atomic E-state index is 14.1. The van der Waals surface area contributed by atoms with Gasteiger partial charge in [-0.3, -0.25) is 19.2 Å². The third kappa shape index (κ3) is 12.2. The Balaban J connectivity index is 2.26. The maximum Gasteiger partial charge on any atom is 0.326 e. The van der Waals surface area contributed by atoms with Crippen molar-refractivity contribution in [3.8, 4) is 0 Å². The lowest BCUT2D eigenvalue weighted by atomic mass is 9.89. The van der Waals surface area contributed by atoms with Crippen LogP contribution in [0.25, 0.3) is 0 Å². The Labute approximate surface area is 317 Å². The number of ether oxygens (including phenoxy) is 2. The number of aryl methyl sites for hydroxylation is 1. The number of likely N-dealkylation sites (tertiary alicyclic amines) is 1. The molecule has 300 valence electrons. The Hall–Kier alpha value is -3.55. The predicted molar refractivity (Wildman–Crippen MR) is 205 cm³/mol. The van der Waals surface area contributed by atoms with Crippen LogP contribution in [0, 0.1) is 30.6 Å². The van der Waals surface area contributed by atoms with Crippen molar-refractivity contribution >= 4 is 29.6 Å². The number of hydrogen-bond donors (Lipinski definition) is 4. The lowest BCUT2D eigenvalue weighted by Gasteiger charge is -2.41. The minimum atomic E-state index is -1.14. The van der Waals surface area contributed by atoms with Crippen molar-refractivity contribution in [2.24, 2.45) is 23.7 Å². The molecule has 0 spiro atoms. The van der Waals surface area contributed by atoms with E-state index in [1.165, 1.54) is 14.2 Å². The van der Waals surface area contributed by atoms with Gasteiger partial charge in [-0.25, -0.2) is 4.79 Å². The number of aliphatic carboxylic acids is 1. The Kier molecular flexibility index (Phi) is 18.4. The summed E-state index contributed by atoms with van der Waals surface area (Å²) in [4.78, 5) is 70.5. The summed E-state index contributed by atoms with van der Waals surface area (Å²) in [5.74, 6) is -3.27. The van der Waals surface area contributed by atoms with Gasteiger partial charge in [-0.15, -0.1) is 0 Å². The SMILES string of the molecule is CC[C@H](C)C([C@@H](CC(=O)N1CCC[C@H]1[C@H](OC)[C@@H](C)C(=O)NC(Cc1ccc(C)cc1)C(=O)O)OC)N(C)C(=O)[C@@H](NC(=O)[C@@H](NC)C(C)C)C(C)C. The molecule has 2 rings (SSSR count). The normalized spacial score (nSPS) is 19.1. The first-order chi connectivity index (χ1) is 24.9. The molecule has 1 heterocycles. The number of methoxy groups -OCH3 is 2. The Morgan fingerprint density at radius 1 is 0.925 bits per heavy atom. The van der Waals surface area contributed by atoms with E-state index in [9.17, 15) is 29.1 Å². The fourth-order valence-electron chi connectivity index (χ4n) is 7.51. The van der Waals surface area contributed by atoms with Crippen molar-refractivity contribution in [3.63, 3.8) is 0 Å². The Morgan fingerprint density at radius 2 is 1.53 bits per heavy atom. The molecule has 1 aromatic rings. The van der Waals surface area contributed by atoms with Gasteiger partial charge in [-0.05, 0) is 50.1 Å². The molecule has 1 aromatic carbocycles. The number of benzene rings is 1. The molecule has 1 aliphatic heterocycles. The molecule has 13 nitrogen and oxygen atoms in total. The fraction of sp³-hybridized carbons (Fsp3) is 0.725. The zero-order valence-corrected chi connectivity index (χ0v) is 34.1. The van der Waals surface area contributed by atoms with E-state index >= 15 is 0 Å². The highest BCUT2D eigenvalue weighted by Crippen LogP contribution is 2.30. The molecular weight excluding hydrogens is 678 g/mol. The quantitative estimate of drug-likeness (QED) is 0.148. The number of hydrogen-bond acceptors (Lipinski definition) is 8. The standard InChI is InChI=1S/C40H67N5O8/c1-13-26(7)35(44(10)39(49)34(24(4)5)43-38(48)33(41-9)23(2)3)31(52-11)22-32(46)45-20-14-15-30(45)36(53-12)27(8)37(47)42-29(40(50)51)21-28-18-16-25(6)17-19-28/h16-19,23-24,26-27,29-31,33-36,41H,13-15,20-22H2,1-12H3,(H,42,47)(H,43,48)(H,50,51)/t26-,27+,29?,30-,31+,33-,34-,35?,36+/m0/s1. The third-order valence-electron chi connectivity index (χ3n) is 10.9. The molecule has 4 amide bonds. The topological polar surface area (TPSA) is 167 Å². The highest BCUT2D eigenvalue weighted by molar-refractivity contribution is 5.90.